The van der Waals surface area contributed by atoms with Crippen LogP contribution in [0.1, 0.15) is 52.9 Å². The Balaban J connectivity index is 1.76. The highest BCUT2D eigenvalue weighted by molar-refractivity contribution is 6.01. The fourth-order valence-corrected chi connectivity index (χ4v) is 6.55. The van der Waals surface area contributed by atoms with Gasteiger partial charge in [0.2, 0.25) is 0 Å². The molecule has 0 radical (unpaired) electrons. The van der Waals surface area contributed by atoms with Crippen molar-refractivity contribution in [2.24, 2.45) is 28.6 Å². The van der Waals surface area contributed by atoms with Gasteiger partial charge in [-0.15, -0.1) is 0 Å². The van der Waals surface area contributed by atoms with Gasteiger partial charge in [-0.1, -0.05) is 25.5 Å². The highest BCUT2D eigenvalue weighted by atomic mass is 16.3. The van der Waals surface area contributed by atoms with E-state index in [-0.39, 0.29) is 22.5 Å². The monoisotopic (exact) mass is 316 g/mol. The normalized spacial score (nSPS) is 55.0. The molecule has 0 aromatic heterocycles. The van der Waals surface area contributed by atoms with Gasteiger partial charge in [-0.3, -0.25) is 4.79 Å². The maximum absolute atomic E-state index is 11.8. The SMILES string of the molecule is C[C@]12C=CC(=O)C=C1CC[C@@H]1[C@@H]2[C@@H](O)C[C@@]2(C)[C@H]1CC[C@]2(C)O. The van der Waals surface area contributed by atoms with Crippen molar-refractivity contribution in [3.8, 4) is 0 Å². The summed E-state index contributed by atoms with van der Waals surface area (Å²) >= 11 is 0. The molecule has 3 heteroatoms. The number of hydrogen-bond donors (Lipinski definition) is 2. The summed E-state index contributed by atoms with van der Waals surface area (Å²) in [5.74, 6) is 1.14. The molecule has 4 aliphatic rings. The number of carbonyl (C=O) groups is 1. The smallest absolute Gasteiger partial charge is 0.178 e. The molecular weight excluding hydrogens is 288 g/mol. The first-order chi connectivity index (χ1) is 10.7. The van der Waals surface area contributed by atoms with E-state index in [9.17, 15) is 15.0 Å². The van der Waals surface area contributed by atoms with Crippen molar-refractivity contribution < 1.29 is 15.0 Å². The molecule has 7 atom stereocenters. The summed E-state index contributed by atoms with van der Waals surface area (Å²) in [6, 6.07) is 0. The molecule has 0 aromatic rings. The van der Waals surface area contributed by atoms with Crippen LogP contribution in [0.2, 0.25) is 0 Å². The van der Waals surface area contributed by atoms with Crippen LogP contribution in [0.4, 0.5) is 0 Å². The van der Waals surface area contributed by atoms with E-state index in [0.29, 0.717) is 18.3 Å². The minimum absolute atomic E-state index is 0.0786. The van der Waals surface area contributed by atoms with Crippen molar-refractivity contribution in [2.75, 3.05) is 0 Å². The number of rotatable bonds is 0. The van der Waals surface area contributed by atoms with Gasteiger partial charge in [-0.25, -0.2) is 0 Å². The number of hydrogen-bond acceptors (Lipinski definition) is 3. The Kier molecular flexibility index (Phi) is 3.10. The lowest BCUT2D eigenvalue weighted by molar-refractivity contribution is -0.157. The quantitative estimate of drug-likeness (QED) is 0.722. The first-order valence-electron chi connectivity index (χ1n) is 9.04. The van der Waals surface area contributed by atoms with Gasteiger partial charge in [0.1, 0.15) is 0 Å². The van der Waals surface area contributed by atoms with E-state index in [0.717, 1.165) is 25.7 Å². The van der Waals surface area contributed by atoms with E-state index in [1.54, 1.807) is 12.2 Å². The van der Waals surface area contributed by atoms with Crippen LogP contribution in [0.5, 0.6) is 0 Å². The van der Waals surface area contributed by atoms with Crippen LogP contribution in [-0.2, 0) is 4.79 Å². The molecule has 3 nitrogen and oxygen atoms in total. The molecule has 3 saturated carbocycles. The van der Waals surface area contributed by atoms with Crippen LogP contribution in [0.15, 0.2) is 23.8 Å². The zero-order chi connectivity index (χ0) is 16.6. The molecule has 0 amide bonds. The second kappa shape index (κ2) is 4.58. The first-order valence-corrected chi connectivity index (χ1v) is 9.04. The third-order valence-corrected chi connectivity index (χ3v) is 8.06. The molecule has 0 spiro atoms. The summed E-state index contributed by atoms with van der Waals surface area (Å²) in [6.45, 7) is 6.32. The largest absolute Gasteiger partial charge is 0.393 e. The van der Waals surface area contributed by atoms with Crippen LogP contribution in [0.3, 0.4) is 0 Å². The van der Waals surface area contributed by atoms with Crippen LogP contribution in [0, 0.1) is 28.6 Å². The molecule has 0 heterocycles. The zero-order valence-corrected chi connectivity index (χ0v) is 14.4. The maximum Gasteiger partial charge on any atom is 0.178 e. The Labute approximate surface area is 138 Å². The number of allylic oxidation sites excluding steroid dienone is 4. The minimum atomic E-state index is -0.682. The number of aliphatic hydroxyl groups is 2. The molecule has 4 rings (SSSR count). The van der Waals surface area contributed by atoms with Crippen molar-refractivity contribution in [1.82, 2.24) is 0 Å². The van der Waals surface area contributed by atoms with Crippen LogP contribution in [0.25, 0.3) is 0 Å². The van der Waals surface area contributed by atoms with Crippen molar-refractivity contribution >= 4 is 5.78 Å². The van der Waals surface area contributed by atoms with Gasteiger partial charge in [0, 0.05) is 16.7 Å². The first kappa shape index (κ1) is 15.6. The second-order valence-corrected chi connectivity index (χ2v) is 9.02. The van der Waals surface area contributed by atoms with E-state index in [2.05, 4.69) is 13.8 Å². The Morgan fingerprint density at radius 3 is 2.70 bits per heavy atom. The zero-order valence-electron chi connectivity index (χ0n) is 14.4. The highest BCUT2D eigenvalue weighted by Crippen LogP contribution is 2.66. The molecule has 3 fully saturated rings. The van der Waals surface area contributed by atoms with Crippen molar-refractivity contribution in [3.05, 3.63) is 23.8 Å². The fraction of sp³-hybridized carbons (Fsp3) is 0.750. The Morgan fingerprint density at radius 2 is 1.96 bits per heavy atom. The van der Waals surface area contributed by atoms with Crippen molar-refractivity contribution in [3.63, 3.8) is 0 Å². The van der Waals surface area contributed by atoms with E-state index in [1.807, 2.05) is 13.0 Å². The van der Waals surface area contributed by atoms with Crippen molar-refractivity contribution in [2.45, 2.75) is 64.6 Å². The molecule has 4 aliphatic carbocycles. The van der Waals surface area contributed by atoms with Gasteiger partial charge in [0.15, 0.2) is 5.78 Å². The van der Waals surface area contributed by atoms with E-state index < -0.39 is 11.7 Å². The van der Waals surface area contributed by atoms with Gasteiger partial charge >= 0.3 is 0 Å². The third kappa shape index (κ3) is 1.87. The Hall–Kier alpha value is -0.930. The number of fused-ring (bicyclic) bond motifs is 5. The average molecular weight is 316 g/mol. The van der Waals surface area contributed by atoms with E-state index >= 15 is 0 Å². The van der Waals surface area contributed by atoms with Crippen LogP contribution >= 0.6 is 0 Å². The third-order valence-electron chi connectivity index (χ3n) is 8.06. The van der Waals surface area contributed by atoms with E-state index in [1.165, 1.54) is 5.57 Å². The lowest BCUT2D eigenvalue weighted by Crippen LogP contribution is -2.58. The minimum Gasteiger partial charge on any atom is -0.393 e. The molecule has 0 bridgehead atoms. The van der Waals surface area contributed by atoms with Crippen molar-refractivity contribution in [1.29, 1.82) is 0 Å². The predicted molar refractivity (Wildman–Crippen MR) is 88.6 cm³/mol. The molecule has 23 heavy (non-hydrogen) atoms. The molecular formula is C20H28O3. The summed E-state index contributed by atoms with van der Waals surface area (Å²) in [4.78, 5) is 11.8. The highest BCUT2D eigenvalue weighted by Gasteiger charge is 2.64. The molecule has 2 N–H and O–H groups in total. The van der Waals surface area contributed by atoms with Crippen LogP contribution in [-0.4, -0.2) is 27.7 Å². The van der Waals surface area contributed by atoms with Crippen LogP contribution < -0.4 is 0 Å². The maximum atomic E-state index is 11.8. The Morgan fingerprint density at radius 1 is 1.22 bits per heavy atom. The lowest BCUT2D eigenvalue weighted by atomic mass is 9.46. The summed E-state index contributed by atoms with van der Waals surface area (Å²) in [5.41, 5.74) is 0.114. The summed E-state index contributed by atoms with van der Waals surface area (Å²) in [7, 11) is 0. The molecule has 126 valence electrons. The Bertz CT molecular complexity index is 616. The molecule has 0 unspecified atom stereocenters. The van der Waals surface area contributed by atoms with Gasteiger partial charge < -0.3 is 10.2 Å². The van der Waals surface area contributed by atoms with Gasteiger partial charge in [-0.05, 0) is 63.0 Å². The molecule has 0 saturated heterocycles. The number of ketones is 1. The standard InChI is InChI=1S/C20H28O3/c1-18-8-6-13(21)10-12(18)4-5-14-15-7-9-20(3,23)19(15,2)11-16(22)17(14)18/h6,8,10,14-17,22-23H,4-5,7,9,11H2,1-3H3/t14-,15-,16-,17+,18-,19-,20-/m0/s1. The second-order valence-electron chi connectivity index (χ2n) is 9.02. The summed E-state index contributed by atoms with van der Waals surface area (Å²) in [6.07, 6.45) is 9.61. The van der Waals surface area contributed by atoms with Gasteiger partial charge in [-0.2, -0.15) is 0 Å². The molecule has 0 aliphatic heterocycles. The van der Waals surface area contributed by atoms with Gasteiger partial charge in [0.05, 0.1) is 11.7 Å². The van der Waals surface area contributed by atoms with Gasteiger partial charge in [0.25, 0.3) is 0 Å². The fourth-order valence-electron chi connectivity index (χ4n) is 6.55. The lowest BCUT2D eigenvalue weighted by Gasteiger charge is -2.59. The number of aliphatic hydroxyl groups excluding tert-OH is 1. The van der Waals surface area contributed by atoms with E-state index in [4.69, 9.17) is 0 Å². The summed E-state index contributed by atoms with van der Waals surface area (Å²) in [5, 5.41) is 22.0. The number of carbonyl (C=O) groups excluding carboxylic acids is 1. The summed E-state index contributed by atoms with van der Waals surface area (Å²) < 4.78 is 0. The molecule has 0 aromatic carbocycles. The topological polar surface area (TPSA) is 57.5 Å². The average Bonchev–Trinajstić information content (AvgIpc) is 2.69. The predicted octanol–water partition coefficient (Wildman–Crippen LogP) is 3.02.